The van der Waals surface area contributed by atoms with Crippen LogP contribution < -0.4 is 0 Å². The maximum Gasteiger partial charge on any atom is 0.292 e. The van der Waals surface area contributed by atoms with Crippen molar-refractivity contribution in [3.05, 3.63) is 89.3 Å². The normalized spacial score (nSPS) is 11.9. The van der Waals surface area contributed by atoms with E-state index in [4.69, 9.17) is 4.52 Å². The lowest BCUT2D eigenvalue weighted by Gasteiger charge is -2.19. The zero-order chi connectivity index (χ0) is 17.6. The molecule has 0 unspecified atom stereocenters. The van der Waals surface area contributed by atoms with Crippen molar-refractivity contribution in [2.45, 2.75) is 26.3 Å². The van der Waals surface area contributed by atoms with Crippen LogP contribution in [0.4, 0.5) is 0 Å². The first-order valence-corrected chi connectivity index (χ1v) is 8.53. The summed E-state index contributed by atoms with van der Waals surface area (Å²) in [5.41, 5.74) is 3.01. The van der Waals surface area contributed by atoms with E-state index in [0.717, 1.165) is 16.8 Å². The number of amides is 1. The van der Waals surface area contributed by atoms with Gasteiger partial charge in [0.25, 0.3) is 5.91 Å². The van der Waals surface area contributed by atoms with Crippen molar-refractivity contribution < 1.29 is 9.32 Å². The summed E-state index contributed by atoms with van der Waals surface area (Å²) in [6.45, 7) is 5.19. The molecule has 0 aliphatic carbocycles. The van der Waals surface area contributed by atoms with Crippen LogP contribution in [0.2, 0.25) is 0 Å². The second-order valence-electron chi connectivity index (χ2n) is 6.05. The molecule has 4 nitrogen and oxygen atoms in total. The van der Waals surface area contributed by atoms with Gasteiger partial charge in [-0.25, -0.2) is 0 Å². The summed E-state index contributed by atoms with van der Waals surface area (Å²) in [6.07, 6.45) is 0. The third kappa shape index (κ3) is 3.97. The molecule has 4 heteroatoms. The summed E-state index contributed by atoms with van der Waals surface area (Å²) < 4.78 is 5.35. The molecule has 0 aliphatic rings. The van der Waals surface area contributed by atoms with Crippen LogP contribution in [-0.2, 0) is 6.54 Å². The summed E-state index contributed by atoms with van der Waals surface area (Å²) >= 11 is 0. The Morgan fingerprint density at radius 1 is 1.08 bits per heavy atom. The van der Waals surface area contributed by atoms with Crippen LogP contribution in [0.15, 0.2) is 71.3 Å². The molecule has 1 amide bonds. The Balaban J connectivity index is 1.75. The van der Waals surface area contributed by atoms with Gasteiger partial charge in [-0.2, -0.15) is 0 Å². The van der Waals surface area contributed by atoms with Crippen LogP contribution in [0, 0.1) is 0 Å². The van der Waals surface area contributed by atoms with E-state index in [-0.39, 0.29) is 17.6 Å². The van der Waals surface area contributed by atoms with Crippen LogP contribution in [0.3, 0.4) is 0 Å². The second-order valence-corrected chi connectivity index (χ2v) is 6.05. The first-order valence-electron chi connectivity index (χ1n) is 8.53. The monoisotopic (exact) mass is 334 g/mol. The third-order valence-electron chi connectivity index (χ3n) is 4.37. The van der Waals surface area contributed by atoms with Gasteiger partial charge in [0.15, 0.2) is 0 Å². The van der Waals surface area contributed by atoms with Crippen molar-refractivity contribution in [2.75, 3.05) is 6.54 Å². The van der Waals surface area contributed by atoms with E-state index in [2.05, 4.69) is 24.2 Å². The van der Waals surface area contributed by atoms with E-state index in [1.165, 1.54) is 0 Å². The molecule has 0 bridgehead atoms. The van der Waals surface area contributed by atoms with E-state index in [1.807, 2.05) is 55.5 Å². The van der Waals surface area contributed by atoms with E-state index in [0.29, 0.717) is 13.1 Å². The van der Waals surface area contributed by atoms with Gasteiger partial charge in [0.05, 0.1) is 5.69 Å². The fraction of sp³-hybridized carbons (Fsp3) is 0.238. The average molecular weight is 334 g/mol. The zero-order valence-electron chi connectivity index (χ0n) is 14.6. The Bertz CT molecular complexity index is 812. The molecule has 2 aromatic carbocycles. The topological polar surface area (TPSA) is 46.3 Å². The molecular formula is C21H22N2O2. The van der Waals surface area contributed by atoms with E-state index >= 15 is 0 Å². The Morgan fingerprint density at radius 2 is 1.72 bits per heavy atom. The highest BCUT2D eigenvalue weighted by molar-refractivity contribution is 5.91. The first-order chi connectivity index (χ1) is 12.2. The molecule has 128 valence electrons. The molecule has 1 heterocycles. The van der Waals surface area contributed by atoms with Crippen molar-refractivity contribution in [2.24, 2.45) is 0 Å². The molecule has 0 N–H and O–H groups in total. The Labute approximate surface area is 148 Å². The lowest BCUT2D eigenvalue weighted by atomic mass is 9.98. The molecule has 0 aliphatic heterocycles. The molecule has 3 aromatic rings. The lowest BCUT2D eigenvalue weighted by Crippen LogP contribution is -2.30. The van der Waals surface area contributed by atoms with E-state index in [9.17, 15) is 4.79 Å². The Hall–Kier alpha value is -2.88. The number of hydrogen-bond acceptors (Lipinski definition) is 3. The van der Waals surface area contributed by atoms with Gasteiger partial charge in [0, 0.05) is 25.1 Å². The Kier molecular flexibility index (Phi) is 5.29. The number of carbonyl (C=O) groups excluding carboxylic acids is 1. The predicted octanol–water partition coefficient (Wildman–Crippen LogP) is 4.49. The zero-order valence-corrected chi connectivity index (χ0v) is 14.6. The summed E-state index contributed by atoms with van der Waals surface area (Å²) in [6, 6.07) is 21.8. The molecule has 0 radical (unpaired) electrons. The van der Waals surface area contributed by atoms with E-state index < -0.39 is 0 Å². The van der Waals surface area contributed by atoms with Gasteiger partial charge >= 0.3 is 0 Å². The minimum Gasteiger partial charge on any atom is -0.351 e. The molecule has 1 aromatic heterocycles. The fourth-order valence-corrected chi connectivity index (χ4v) is 2.79. The quantitative estimate of drug-likeness (QED) is 0.667. The number of nitrogens with zero attached hydrogens (tertiary/aromatic N) is 2. The van der Waals surface area contributed by atoms with Crippen LogP contribution in [0.25, 0.3) is 0 Å². The van der Waals surface area contributed by atoms with Crippen molar-refractivity contribution in [3.8, 4) is 0 Å². The molecule has 0 saturated carbocycles. The number of carbonyl (C=O) groups is 1. The second kappa shape index (κ2) is 7.79. The summed E-state index contributed by atoms with van der Waals surface area (Å²) in [4.78, 5) is 14.5. The number of hydrogen-bond donors (Lipinski definition) is 0. The van der Waals surface area contributed by atoms with Gasteiger partial charge in [-0.3, -0.25) is 4.79 Å². The standard InChI is InChI=1S/C21H22N2O2/c1-3-23(15-17-10-6-4-7-11-17)21(24)20-14-19(22-25-20)16(2)18-12-8-5-9-13-18/h4-14,16H,3,15H2,1-2H3/t16-/m1/s1. The third-order valence-corrected chi connectivity index (χ3v) is 4.37. The van der Waals surface area contributed by atoms with Crippen LogP contribution in [0.5, 0.6) is 0 Å². The van der Waals surface area contributed by atoms with Crippen LogP contribution >= 0.6 is 0 Å². The molecule has 1 atom stereocenters. The first kappa shape index (κ1) is 17.0. The van der Waals surface area contributed by atoms with Gasteiger partial charge in [-0.15, -0.1) is 0 Å². The SMILES string of the molecule is CCN(Cc1ccccc1)C(=O)c1cc([C@H](C)c2ccccc2)no1. The number of aromatic nitrogens is 1. The van der Waals surface area contributed by atoms with Gasteiger partial charge in [0.1, 0.15) is 0 Å². The Morgan fingerprint density at radius 3 is 2.36 bits per heavy atom. The number of benzene rings is 2. The van der Waals surface area contributed by atoms with Gasteiger partial charge in [0.2, 0.25) is 5.76 Å². The van der Waals surface area contributed by atoms with Crippen molar-refractivity contribution in [1.82, 2.24) is 10.1 Å². The molecule has 25 heavy (non-hydrogen) atoms. The van der Waals surface area contributed by atoms with Crippen molar-refractivity contribution in [3.63, 3.8) is 0 Å². The molecular weight excluding hydrogens is 312 g/mol. The maximum atomic E-state index is 12.7. The summed E-state index contributed by atoms with van der Waals surface area (Å²) in [7, 11) is 0. The average Bonchev–Trinajstić information content (AvgIpc) is 3.16. The smallest absolute Gasteiger partial charge is 0.292 e. The molecule has 3 rings (SSSR count). The van der Waals surface area contributed by atoms with Crippen molar-refractivity contribution >= 4 is 5.91 Å². The van der Waals surface area contributed by atoms with Gasteiger partial charge in [-0.05, 0) is 18.1 Å². The van der Waals surface area contributed by atoms with Crippen LogP contribution in [-0.4, -0.2) is 22.5 Å². The fourth-order valence-electron chi connectivity index (χ4n) is 2.79. The lowest BCUT2D eigenvalue weighted by molar-refractivity contribution is 0.0710. The van der Waals surface area contributed by atoms with Gasteiger partial charge in [-0.1, -0.05) is 72.7 Å². The van der Waals surface area contributed by atoms with Crippen molar-refractivity contribution in [1.29, 1.82) is 0 Å². The maximum absolute atomic E-state index is 12.7. The highest BCUT2D eigenvalue weighted by Crippen LogP contribution is 2.24. The van der Waals surface area contributed by atoms with E-state index in [1.54, 1.807) is 11.0 Å². The molecule has 0 fully saturated rings. The van der Waals surface area contributed by atoms with Crippen LogP contribution in [0.1, 0.15) is 47.1 Å². The van der Waals surface area contributed by atoms with Gasteiger partial charge < -0.3 is 9.42 Å². The highest BCUT2D eigenvalue weighted by atomic mass is 16.5. The largest absolute Gasteiger partial charge is 0.351 e. The summed E-state index contributed by atoms with van der Waals surface area (Å²) in [5.74, 6) is 0.233. The minimum atomic E-state index is -0.134. The predicted molar refractivity (Wildman–Crippen MR) is 97.3 cm³/mol. The minimum absolute atomic E-state index is 0.0794. The molecule has 0 spiro atoms. The molecule has 0 saturated heterocycles. The summed E-state index contributed by atoms with van der Waals surface area (Å²) in [5, 5.41) is 4.11. The number of rotatable bonds is 6. The highest BCUT2D eigenvalue weighted by Gasteiger charge is 2.22.